The van der Waals surface area contributed by atoms with E-state index in [1.54, 1.807) is 7.05 Å². The Labute approximate surface area is 118 Å². The average molecular weight is 264 g/mol. The van der Waals surface area contributed by atoms with Crippen LogP contribution in [0, 0.1) is 6.92 Å². The molecule has 2 aromatic carbocycles. The molecule has 0 saturated heterocycles. The molecule has 0 aliphatic carbocycles. The molecule has 100 valence electrons. The van der Waals surface area contributed by atoms with Gasteiger partial charge in [-0.3, -0.25) is 0 Å². The fraction of sp³-hybridized carbons (Fsp3) is 0.118. The fourth-order valence-corrected chi connectivity index (χ4v) is 2.22. The molecule has 0 aliphatic heterocycles. The summed E-state index contributed by atoms with van der Waals surface area (Å²) in [6.07, 6.45) is 0. The number of benzene rings is 2. The Morgan fingerprint density at radius 1 is 0.850 bits per heavy atom. The first kappa shape index (κ1) is 12.5. The van der Waals surface area contributed by atoms with Crippen LogP contribution in [0.2, 0.25) is 0 Å². The van der Waals surface area contributed by atoms with Crippen LogP contribution in [0.15, 0.2) is 59.0 Å². The van der Waals surface area contributed by atoms with Gasteiger partial charge in [-0.25, -0.2) is 0 Å². The van der Waals surface area contributed by atoms with Crippen LogP contribution in [0.4, 0.5) is 6.01 Å². The van der Waals surface area contributed by atoms with Crippen LogP contribution in [-0.4, -0.2) is 12.0 Å². The van der Waals surface area contributed by atoms with E-state index >= 15 is 0 Å². The second-order valence-electron chi connectivity index (χ2n) is 4.62. The Hall–Kier alpha value is -2.55. The third kappa shape index (κ3) is 2.30. The van der Waals surface area contributed by atoms with Gasteiger partial charge in [-0.05, 0) is 18.1 Å². The topological polar surface area (TPSA) is 38.1 Å². The molecule has 0 saturated carbocycles. The summed E-state index contributed by atoms with van der Waals surface area (Å²) in [6, 6.07) is 19.2. The smallest absolute Gasteiger partial charge is 0.295 e. The van der Waals surface area contributed by atoms with Crippen molar-refractivity contribution in [3.8, 4) is 22.4 Å². The molecule has 20 heavy (non-hydrogen) atoms. The van der Waals surface area contributed by atoms with Crippen molar-refractivity contribution in [2.45, 2.75) is 6.92 Å². The zero-order valence-electron chi connectivity index (χ0n) is 11.6. The molecule has 0 bridgehead atoms. The summed E-state index contributed by atoms with van der Waals surface area (Å²) in [4.78, 5) is 4.42. The normalized spacial score (nSPS) is 10.5. The highest BCUT2D eigenvalue weighted by atomic mass is 16.4. The minimum atomic E-state index is 0.546. The highest BCUT2D eigenvalue weighted by Gasteiger charge is 2.10. The van der Waals surface area contributed by atoms with Crippen LogP contribution in [0.3, 0.4) is 0 Å². The number of nitrogens with zero attached hydrogens (tertiary/aromatic N) is 1. The molecule has 1 heterocycles. The molecule has 0 atom stereocenters. The fourth-order valence-electron chi connectivity index (χ4n) is 2.22. The average Bonchev–Trinajstić information content (AvgIpc) is 2.89. The second kappa shape index (κ2) is 5.21. The Morgan fingerprint density at radius 2 is 1.45 bits per heavy atom. The van der Waals surface area contributed by atoms with Gasteiger partial charge in [0.1, 0.15) is 11.5 Å². The zero-order valence-corrected chi connectivity index (χ0v) is 11.6. The number of hydrogen-bond acceptors (Lipinski definition) is 3. The van der Waals surface area contributed by atoms with Gasteiger partial charge in [0.05, 0.1) is 0 Å². The summed E-state index contributed by atoms with van der Waals surface area (Å²) >= 11 is 0. The molecule has 0 amide bonds. The number of aromatic nitrogens is 1. The monoisotopic (exact) mass is 264 g/mol. The summed E-state index contributed by atoms with van der Waals surface area (Å²) in [5, 5.41) is 2.92. The Balaban J connectivity index is 1.95. The summed E-state index contributed by atoms with van der Waals surface area (Å²) in [5.74, 6) is 0.821. The van der Waals surface area contributed by atoms with E-state index in [-0.39, 0.29) is 0 Å². The molecular formula is C17H16N2O. The molecule has 0 fully saturated rings. The van der Waals surface area contributed by atoms with Gasteiger partial charge in [0.2, 0.25) is 0 Å². The third-order valence-electron chi connectivity index (χ3n) is 3.28. The van der Waals surface area contributed by atoms with Gasteiger partial charge in [0.25, 0.3) is 6.01 Å². The molecule has 0 spiro atoms. The zero-order chi connectivity index (χ0) is 13.9. The number of rotatable bonds is 3. The first-order chi connectivity index (χ1) is 9.78. The van der Waals surface area contributed by atoms with Crippen molar-refractivity contribution < 1.29 is 4.42 Å². The molecule has 0 radical (unpaired) electrons. The molecule has 1 N–H and O–H groups in total. The quantitative estimate of drug-likeness (QED) is 0.763. The van der Waals surface area contributed by atoms with E-state index in [1.165, 1.54) is 11.1 Å². The van der Waals surface area contributed by atoms with Gasteiger partial charge < -0.3 is 9.73 Å². The number of oxazole rings is 1. The molecular weight excluding hydrogens is 248 g/mol. The summed E-state index contributed by atoms with van der Waals surface area (Å²) in [6.45, 7) is 1.92. The second-order valence-corrected chi connectivity index (χ2v) is 4.62. The van der Waals surface area contributed by atoms with Gasteiger partial charge in [0, 0.05) is 12.6 Å². The van der Waals surface area contributed by atoms with E-state index in [0.29, 0.717) is 6.01 Å². The van der Waals surface area contributed by atoms with Gasteiger partial charge >= 0.3 is 0 Å². The number of anilines is 1. The molecule has 3 aromatic rings. The number of hydrogen-bond donors (Lipinski definition) is 1. The first-order valence-corrected chi connectivity index (χ1v) is 6.59. The SMILES string of the molecule is CNc1nc(-c2ccc(-c3ccccc3)cc2)c(C)o1. The van der Waals surface area contributed by atoms with Crippen LogP contribution in [0.5, 0.6) is 0 Å². The lowest BCUT2D eigenvalue weighted by molar-refractivity contribution is 0.544. The van der Waals surface area contributed by atoms with E-state index in [2.05, 4.69) is 46.7 Å². The molecule has 0 unspecified atom stereocenters. The van der Waals surface area contributed by atoms with Crippen molar-refractivity contribution in [2.75, 3.05) is 12.4 Å². The largest absolute Gasteiger partial charge is 0.428 e. The molecule has 3 nitrogen and oxygen atoms in total. The van der Waals surface area contributed by atoms with E-state index in [1.807, 2.05) is 25.1 Å². The lowest BCUT2D eigenvalue weighted by Gasteiger charge is -2.03. The minimum Gasteiger partial charge on any atom is -0.428 e. The maximum atomic E-state index is 5.51. The van der Waals surface area contributed by atoms with Gasteiger partial charge in [0.15, 0.2) is 0 Å². The van der Waals surface area contributed by atoms with E-state index in [9.17, 15) is 0 Å². The van der Waals surface area contributed by atoms with Crippen molar-refractivity contribution in [1.82, 2.24) is 4.98 Å². The van der Waals surface area contributed by atoms with Crippen molar-refractivity contribution >= 4 is 6.01 Å². The lowest BCUT2D eigenvalue weighted by atomic mass is 10.0. The van der Waals surface area contributed by atoms with Crippen LogP contribution in [-0.2, 0) is 0 Å². The van der Waals surface area contributed by atoms with Crippen molar-refractivity contribution in [3.63, 3.8) is 0 Å². The number of aryl methyl sites for hydroxylation is 1. The van der Waals surface area contributed by atoms with E-state index < -0.39 is 0 Å². The summed E-state index contributed by atoms with van der Waals surface area (Å²) < 4.78 is 5.51. The standard InChI is InChI=1S/C17H16N2O/c1-12-16(19-17(18-2)20-12)15-10-8-14(9-11-15)13-6-4-3-5-7-13/h3-11H,1-2H3,(H,18,19). The van der Waals surface area contributed by atoms with Crippen LogP contribution < -0.4 is 5.32 Å². The van der Waals surface area contributed by atoms with Crippen molar-refractivity contribution in [2.24, 2.45) is 0 Å². The Bertz CT molecular complexity index is 700. The van der Waals surface area contributed by atoms with Crippen molar-refractivity contribution in [3.05, 3.63) is 60.4 Å². The first-order valence-electron chi connectivity index (χ1n) is 6.59. The number of nitrogens with one attached hydrogen (secondary N) is 1. The predicted molar refractivity (Wildman–Crippen MR) is 81.7 cm³/mol. The van der Waals surface area contributed by atoms with E-state index in [4.69, 9.17) is 4.42 Å². The van der Waals surface area contributed by atoms with E-state index in [0.717, 1.165) is 17.0 Å². The van der Waals surface area contributed by atoms with Crippen LogP contribution >= 0.6 is 0 Å². The predicted octanol–water partition coefficient (Wildman–Crippen LogP) is 4.36. The lowest BCUT2D eigenvalue weighted by Crippen LogP contribution is -1.87. The van der Waals surface area contributed by atoms with Gasteiger partial charge in [-0.15, -0.1) is 0 Å². The highest BCUT2D eigenvalue weighted by molar-refractivity contribution is 5.69. The molecule has 3 rings (SSSR count). The molecule has 0 aliphatic rings. The van der Waals surface area contributed by atoms with Crippen LogP contribution in [0.1, 0.15) is 5.76 Å². The van der Waals surface area contributed by atoms with Crippen molar-refractivity contribution in [1.29, 1.82) is 0 Å². The summed E-state index contributed by atoms with van der Waals surface area (Å²) in [7, 11) is 1.80. The minimum absolute atomic E-state index is 0.546. The Morgan fingerprint density at radius 3 is 2.05 bits per heavy atom. The maximum absolute atomic E-state index is 5.51. The van der Waals surface area contributed by atoms with Crippen LogP contribution in [0.25, 0.3) is 22.4 Å². The van der Waals surface area contributed by atoms with Gasteiger partial charge in [-0.1, -0.05) is 54.6 Å². The maximum Gasteiger partial charge on any atom is 0.295 e. The van der Waals surface area contributed by atoms with Gasteiger partial charge in [-0.2, -0.15) is 4.98 Å². The highest BCUT2D eigenvalue weighted by Crippen LogP contribution is 2.27. The summed E-state index contributed by atoms with van der Waals surface area (Å²) in [5.41, 5.74) is 4.36. The molecule has 3 heteroatoms. The molecule has 1 aromatic heterocycles. The Kier molecular flexibility index (Phi) is 3.25. The third-order valence-corrected chi connectivity index (χ3v) is 3.28.